The van der Waals surface area contributed by atoms with Gasteiger partial charge in [-0.25, -0.2) is 4.57 Å². The molecule has 0 aliphatic heterocycles. The van der Waals surface area contributed by atoms with Crippen LogP contribution in [0, 0.1) is 0 Å². The molecule has 0 saturated carbocycles. The molecule has 1 aromatic carbocycles. The summed E-state index contributed by atoms with van der Waals surface area (Å²) in [6.07, 6.45) is 1.65. The van der Waals surface area contributed by atoms with Crippen molar-refractivity contribution in [2.45, 2.75) is 0 Å². The average Bonchev–Trinajstić information content (AvgIpc) is 2.47. The molecule has 0 bridgehead atoms. The SMILES string of the molecule is Cn1c[n+](-c2ccccc2)c([O-])n1. The summed E-state index contributed by atoms with van der Waals surface area (Å²) in [5.41, 5.74) is 0.834. The third kappa shape index (κ3) is 1.38. The number of rotatable bonds is 1. The minimum Gasteiger partial charge on any atom is -0.817 e. The van der Waals surface area contributed by atoms with Crippen LogP contribution in [0.3, 0.4) is 0 Å². The molecule has 0 aliphatic rings. The Balaban J connectivity index is 2.53. The molecule has 4 nitrogen and oxygen atoms in total. The lowest BCUT2D eigenvalue weighted by molar-refractivity contribution is -0.651. The van der Waals surface area contributed by atoms with E-state index in [0.717, 1.165) is 5.69 Å². The van der Waals surface area contributed by atoms with Gasteiger partial charge in [0.15, 0.2) is 0 Å². The summed E-state index contributed by atoms with van der Waals surface area (Å²) >= 11 is 0. The highest BCUT2D eigenvalue weighted by atomic mass is 16.3. The van der Waals surface area contributed by atoms with Crippen LogP contribution in [0.4, 0.5) is 0 Å². The molecule has 0 fully saturated rings. The second-order valence-corrected chi connectivity index (χ2v) is 2.78. The summed E-state index contributed by atoms with van der Waals surface area (Å²) in [6.45, 7) is 0. The Morgan fingerprint density at radius 1 is 1.31 bits per heavy atom. The average molecular weight is 175 g/mol. The van der Waals surface area contributed by atoms with Gasteiger partial charge in [0.1, 0.15) is 5.69 Å². The van der Waals surface area contributed by atoms with E-state index in [4.69, 9.17) is 0 Å². The minimum atomic E-state index is -0.256. The lowest BCUT2D eigenvalue weighted by atomic mass is 10.3. The number of aromatic nitrogens is 3. The van der Waals surface area contributed by atoms with Gasteiger partial charge in [-0.05, 0) is 12.1 Å². The molecule has 0 aliphatic carbocycles. The number of aryl methyl sites for hydroxylation is 1. The van der Waals surface area contributed by atoms with Crippen molar-refractivity contribution in [3.63, 3.8) is 0 Å². The number of hydrogen-bond acceptors (Lipinski definition) is 2. The van der Waals surface area contributed by atoms with Gasteiger partial charge in [-0.1, -0.05) is 18.2 Å². The Hall–Kier alpha value is -1.84. The fourth-order valence-electron chi connectivity index (χ4n) is 1.19. The summed E-state index contributed by atoms with van der Waals surface area (Å²) in [5, 5.41) is 15.0. The third-order valence-electron chi connectivity index (χ3n) is 1.77. The Kier molecular flexibility index (Phi) is 1.73. The van der Waals surface area contributed by atoms with E-state index in [0.29, 0.717) is 0 Å². The molecule has 2 rings (SSSR count). The fourth-order valence-corrected chi connectivity index (χ4v) is 1.19. The van der Waals surface area contributed by atoms with Crippen LogP contribution in [0.1, 0.15) is 0 Å². The largest absolute Gasteiger partial charge is 0.817 e. The van der Waals surface area contributed by atoms with Crippen molar-refractivity contribution in [1.29, 1.82) is 0 Å². The molecule has 0 N–H and O–H groups in total. The summed E-state index contributed by atoms with van der Waals surface area (Å²) in [5.74, 6) is 0. The molecule has 0 unspecified atom stereocenters. The topological polar surface area (TPSA) is 44.8 Å². The minimum absolute atomic E-state index is 0.256. The highest BCUT2D eigenvalue weighted by molar-refractivity contribution is 5.21. The Bertz CT molecular complexity index is 408. The summed E-state index contributed by atoms with van der Waals surface area (Å²) in [4.78, 5) is 0. The van der Waals surface area contributed by atoms with Gasteiger partial charge in [-0.2, -0.15) is 0 Å². The van der Waals surface area contributed by atoms with E-state index in [2.05, 4.69) is 5.10 Å². The quantitative estimate of drug-likeness (QED) is 0.562. The van der Waals surface area contributed by atoms with Crippen molar-refractivity contribution >= 4 is 0 Å². The van der Waals surface area contributed by atoms with Gasteiger partial charge in [-0.15, -0.1) is 4.68 Å². The summed E-state index contributed by atoms with van der Waals surface area (Å²) < 4.78 is 3.00. The van der Waals surface area contributed by atoms with E-state index in [1.807, 2.05) is 30.3 Å². The zero-order valence-electron chi connectivity index (χ0n) is 7.21. The van der Waals surface area contributed by atoms with Crippen LogP contribution in [0.25, 0.3) is 5.69 Å². The number of nitrogens with zero attached hydrogens (tertiary/aromatic N) is 3. The van der Waals surface area contributed by atoms with Crippen molar-refractivity contribution in [2.24, 2.45) is 7.05 Å². The van der Waals surface area contributed by atoms with Gasteiger partial charge in [0.05, 0.1) is 7.05 Å². The van der Waals surface area contributed by atoms with Crippen LogP contribution >= 0.6 is 0 Å². The van der Waals surface area contributed by atoms with Gasteiger partial charge in [-0.3, -0.25) is 0 Å². The van der Waals surface area contributed by atoms with E-state index in [1.165, 1.54) is 9.25 Å². The van der Waals surface area contributed by atoms with Crippen LogP contribution in [0.15, 0.2) is 36.7 Å². The second kappa shape index (κ2) is 2.90. The monoisotopic (exact) mass is 175 g/mol. The van der Waals surface area contributed by atoms with E-state index in [9.17, 15) is 5.11 Å². The van der Waals surface area contributed by atoms with Crippen LogP contribution in [0.5, 0.6) is 6.01 Å². The number of hydrogen-bond donors (Lipinski definition) is 0. The zero-order valence-corrected chi connectivity index (χ0v) is 7.21. The molecule has 66 valence electrons. The molecular formula is C9H9N3O. The van der Waals surface area contributed by atoms with Crippen molar-refractivity contribution in [3.05, 3.63) is 36.7 Å². The number of para-hydroxylation sites is 1. The lowest BCUT2D eigenvalue weighted by Gasteiger charge is -1.99. The maximum Gasteiger partial charge on any atom is 0.249 e. The Labute approximate surface area is 75.7 Å². The smallest absolute Gasteiger partial charge is 0.249 e. The van der Waals surface area contributed by atoms with Crippen molar-refractivity contribution < 1.29 is 9.67 Å². The first-order valence-corrected chi connectivity index (χ1v) is 3.95. The molecule has 4 heteroatoms. The Morgan fingerprint density at radius 2 is 2.00 bits per heavy atom. The first-order valence-electron chi connectivity index (χ1n) is 3.95. The standard InChI is InChI=1S/C9H9N3O/c1-11-7-12(9(13)10-11)8-5-3-2-4-6-8/h2-7H,1H3. The van der Waals surface area contributed by atoms with Gasteiger partial charge in [0.2, 0.25) is 12.3 Å². The molecule has 0 amide bonds. The van der Waals surface area contributed by atoms with Crippen molar-refractivity contribution in [2.75, 3.05) is 0 Å². The van der Waals surface area contributed by atoms with E-state index < -0.39 is 0 Å². The first kappa shape index (κ1) is 7.79. The normalized spacial score (nSPS) is 10.2. The van der Waals surface area contributed by atoms with Crippen LogP contribution in [-0.2, 0) is 7.05 Å². The predicted molar refractivity (Wildman–Crippen MR) is 44.2 cm³/mol. The fraction of sp³-hybridized carbons (Fsp3) is 0.111. The second-order valence-electron chi connectivity index (χ2n) is 2.78. The molecular weight excluding hydrogens is 166 g/mol. The van der Waals surface area contributed by atoms with Crippen molar-refractivity contribution in [1.82, 2.24) is 9.78 Å². The van der Waals surface area contributed by atoms with Gasteiger partial charge in [0.25, 0.3) is 0 Å². The zero-order chi connectivity index (χ0) is 9.26. The van der Waals surface area contributed by atoms with Gasteiger partial charge >= 0.3 is 0 Å². The van der Waals surface area contributed by atoms with Crippen molar-refractivity contribution in [3.8, 4) is 11.7 Å². The van der Waals surface area contributed by atoms with Crippen LogP contribution in [0.2, 0.25) is 0 Å². The third-order valence-corrected chi connectivity index (χ3v) is 1.77. The molecule has 0 spiro atoms. The maximum atomic E-state index is 11.3. The molecule has 13 heavy (non-hydrogen) atoms. The molecule has 2 aromatic rings. The molecule has 0 saturated heterocycles. The highest BCUT2D eigenvalue weighted by Gasteiger charge is 2.06. The Morgan fingerprint density at radius 3 is 2.54 bits per heavy atom. The lowest BCUT2D eigenvalue weighted by Crippen LogP contribution is -2.32. The number of benzene rings is 1. The van der Waals surface area contributed by atoms with Gasteiger partial charge in [0, 0.05) is 5.10 Å². The highest BCUT2D eigenvalue weighted by Crippen LogP contribution is 2.00. The molecule has 0 radical (unpaired) electrons. The van der Waals surface area contributed by atoms with E-state index >= 15 is 0 Å². The molecule has 0 atom stereocenters. The van der Waals surface area contributed by atoms with Crippen LogP contribution in [-0.4, -0.2) is 9.78 Å². The summed E-state index contributed by atoms with van der Waals surface area (Å²) in [6, 6.07) is 9.15. The first-order chi connectivity index (χ1) is 6.27. The summed E-state index contributed by atoms with van der Waals surface area (Å²) in [7, 11) is 1.72. The predicted octanol–water partition coefficient (Wildman–Crippen LogP) is -0.230. The van der Waals surface area contributed by atoms with Gasteiger partial charge < -0.3 is 5.11 Å². The maximum absolute atomic E-state index is 11.3. The molecule has 1 heterocycles. The van der Waals surface area contributed by atoms with Crippen LogP contribution < -0.4 is 9.67 Å². The molecule has 1 aromatic heterocycles. The van der Waals surface area contributed by atoms with E-state index in [1.54, 1.807) is 13.4 Å². The van der Waals surface area contributed by atoms with E-state index in [-0.39, 0.29) is 6.01 Å².